The van der Waals surface area contributed by atoms with Crippen LogP contribution >= 0.6 is 11.3 Å². The fourth-order valence-electron chi connectivity index (χ4n) is 2.70. The van der Waals surface area contributed by atoms with E-state index in [1.807, 2.05) is 0 Å². The summed E-state index contributed by atoms with van der Waals surface area (Å²) in [7, 11) is 0. The molecule has 19 heavy (non-hydrogen) atoms. The molecule has 2 aromatic heterocycles. The van der Waals surface area contributed by atoms with Crippen molar-refractivity contribution in [3.05, 3.63) is 23.0 Å². The van der Waals surface area contributed by atoms with Crippen molar-refractivity contribution in [2.45, 2.75) is 46.1 Å². The van der Waals surface area contributed by atoms with Crippen molar-refractivity contribution in [3.63, 3.8) is 0 Å². The first-order valence-corrected chi connectivity index (χ1v) is 7.95. The minimum absolute atomic E-state index is 0.795. The molecular weight excluding hydrogens is 256 g/mol. The molecule has 0 radical (unpaired) electrons. The summed E-state index contributed by atoms with van der Waals surface area (Å²) in [6, 6.07) is 2.16. The number of aryl methyl sites for hydroxylation is 2. The molecule has 0 saturated heterocycles. The summed E-state index contributed by atoms with van der Waals surface area (Å²) >= 11 is 1.68. The van der Waals surface area contributed by atoms with Crippen LogP contribution in [0.4, 0.5) is 0 Å². The molecule has 1 aliphatic heterocycles. The number of fused-ring (bicyclic) bond motifs is 1. The molecule has 0 saturated carbocycles. The Kier molecular flexibility index (Phi) is 3.60. The Hall–Kier alpha value is -1.29. The molecule has 102 valence electrons. The molecular formula is C15H20N2OS. The van der Waals surface area contributed by atoms with E-state index in [0.29, 0.717) is 0 Å². The van der Waals surface area contributed by atoms with Crippen LogP contribution in [-0.2, 0) is 13.0 Å². The van der Waals surface area contributed by atoms with E-state index in [-0.39, 0.29) is 0 Å². The van der Waals surface area contributed by atoms with Crippen molar-refractivity contribution in [1.29, 1.82) is 0 Å². The van der Waals surface area contributed by atoms with E-state index in [9.17, 15) is 0 Å². The van der Waals surface area contributed by atoms with Gasteiger partial charge in [0.2, 0.25) is 0 Å². The van der Waals surface area contributed by atoms with Crippen LogP contribution in [0.25, 0.3) is 11.3 Å². The lowest BCUT2D eigenvalue weighted by molar-refractivity contribution is 0.327. The number of rotatable bonds is 4. The third-order valence-corrected chi connectivity index (χ3v) is 4.39. The Morgan fingerprint density at radius 2 is 2.32 bits per heavy atom. The third kappa shape index (κ3) is 2.41. The van der Waals surface area contributed by atoms with Gasteiger partial charge < -0.3 is 9.30 Å². The molecule has 0 spiro atoms. The molecule has 0 amide bonds. The second kappa shape index (κ2) is 5.37. The number of hydrogen-bond acceptors (Lipinski definition) is 3. The first-order valence-electron chi connectivity index (χ1n) is 7.07. The number of aromatic nitrogens is 2. The molecule has 0 aromatic carbocycles. The largest absolute Gasteiger partial charge is 0.484 e. The van der Waals surface area contributed by atoms with Gasteiger partial charge in [0.15, 0.2) is 5.06 Å². The first-order chi connectivity index (χ1) is 9.29. The maximum atomic E-state index is 5.71. The lowest BCUT2D eigenvalue weighted by Gasteiger charge is -2.15. The van der Waals surface area contributed by atoms with Crippen LogP contribution in [0.1, 0.15) is 37.7 Å². The molecule has 0 fully saturated rings. The Balaban J connectivity index is 1.93. The van der Waals surface area contributed by atoms with Crippen LogP contribution < -0.4 is 4.74 Å². The molecule has 3 rings (SSSR count). The highest BCUT2D eigenvalue weighted by atomic mass is 32.1. The number of imidazole rings is 1. The van der Waals surface area contributed by atoms with Crippen LogP contribution in [0.5, 0.6) is 5.06 Å². The van der Waals surface area contributed by atoms with E-state index in [1.54, 1.807) is 11.3 Å². The zero-order chi connectivity index (χ0) is 13.2. The van der Waals surface area contributed by atoms with Gasteiger partial charge in [0, 0.05) is 30.0 Å². The van der Waals surface area contributed by atoms with Gasteiger partial charge in [-0.25, -0.2) is 4.98 Å². The van der Waals surface area contributed by atoms with Gasteiger partial charge in [-0.05, 0) is 26.2 Å². The maximum Gasteiger partial charge on any atom is 0.174 e. The monoisotopic (exact) mass is 276 g/mol. The second-order valence-electron chi connectivity index (χ2n) is 5.07. The van der Waals surface area contributed by atoms with Crippen molar-refractivity contribution in [2.75, 3.05) is 6.61 Å². The molecule has 3 heterocycles. The zero-order valence-corrected chi connectivity index (χ0v) is 12.4. The third-order valence-electron chi connectivity index (χ3n) is 3.55. The van der Waals surface area contributed by atoms with Gasteiger partial charge in [-0.2, -0.15) is 0 Å². The molecule has 1 aliphatic rings. The second-order valence-corrected chi connectivity index (χ2v) is 5.95. The Morgan fingerprint density at radius 3 is 3.16 bits per heavy atom. The highest BCUT2D eigenvalue weighted by Crippen LogP contribution is 2.34. The topological polar surface area (TPSA) is 27.1 Å². The summed E-state index contributed by atoms with van der Waals surface area (Å²) in [6.45, 7) is 6.15. The summed E-state index contributed by atoms with van der Waals surface area (Å²) in [4.78, 5) is 4.73. The highest BCUT2D eigenvalue weighted by molar-refractivity contribution is 7.12. The van der Waals surface area contributed by atoms with Gasteiger partial charge >= 0.3 is 0 Å². The van der Waals surface area contributed by atoms with Crippen molar-refractivity contribution in [2.24, 2.45) is 0 Å². The zero-order valence-electron chi connectivity index (χ0n) is 11.6. The summed E-state index contributed by atoms with van der Waals surface area (Å²) in [5.41, 5.74) is 3.70. The van der Waals surface area contributed by atoms with E-state index in [1.165, 1.54) is 29.9 Å². The molecule has 0 unspecified atom stereocenters. The minimum Gasteiger partial charge on any atom is -0.484 e. The minimum atomic E-state index is 0.795. The highest BCUT2D eigenvalue weighted by Gasteiger charge is 2.19. The predicted molar refractivity (Wildman–Crippen MR) is 79.0 cm³/mol. The maximum absolute atomic E-state index is 5.71. The first kappa shape index (κ1) is 12.7. The van der Waals surface area contributed by atoms with Crippen molar-refractivity contribution in [1.82, 2.24) is 9.55 Å². The molecule has 0 aliphatic carbocycles. The van der Waals surface area contributed by atoms with Gasteiger partial charge in [-0.3, -0.25) is 0 Å². The van der Waals surface area contributed by atoms with Crippen LogP contribution in [0.2, 0.25) is 0 Å². The Bertz CT molecular complexity index is 571. The van der Waals surface area contributed by atoms with Gasteiger partial charge in [-0.1, -0.05) is 6.92 Å². The fourth-order valence-corrected chi connectivity index (χ4v) is 3.47. The predicted octanol–water partition coefficient (Wildman–Crippen LogP) is 4.05. The summed E-state index contributed by atoms with van der Waals surface area (Å²) in [6.07, 6.45) is 4.70. The Labute approximate surface area is 118 Å². The molecule has 0 bridgehead atoms. The molecule has 4 heteroatoms. The van der Waals surface area contributed by atoms with Crippen molar-refractivity contribution < 1.29 is 4.74 Å². The van der Waals surface area contributed by atoms with Crippen molar-refractivity contribution in [3.8, 4) is 16.3 Å². The summed E-state index contributed by atoms with van der Waals surface area (Å²) in [5, 5.41) is 3.21. The number of thiophene rings is 1. The fraction of sp³-hybridized carbons (Fsp3) is 0.533. The average Bonchev–Trinajstić information content (AvgIpc) is 2.99. The van der Waals surface area contributed by atoms with Gasteiger partial charge in [-0.15, -0.1) is 11.3 Å². The average molecular weight is 276 g/mol. The Morgan fingerprint density at radius 1 is 1.42 bits per heavy atom. The molecule has 0 atom stereocenters. The summed E-state index contributed by atoms with van der Waals surface area (Å²) < 4.78 is 8.10. The SMILES string of the molecule is CCCOc1cc(-c2c(C)nc3n2CCCC3)cs1. The quantitative estimate of drug-likeness (QED) is 0.842. The van der Waals surface area contributed by atoms with Crippen LogP contribution in [0.3, 0.4) is 0 Å². The van der Waals surface area contributed by atoms with Gasteiger partial charge in [0.05, 0.1) is 18.0 Å². The van der Waals surface area contributed by atoms with Crippen molar-refractivity contribution >= 4 is 11.3 Å². The number of ether oxygens (including phenoxy) is 1. The van der Waals surface area contributed by atoms with E-state index >= 15 is 0 Å². The van der Waals surface area contributed by atoms with E-state index < -0.39 is 0 Å². The van der Waals surface area contributed by atoms with Crippen LogP contribution in [0, 0.1) is 6.92 Å². The number of nitrogens with zero attached hydrogens (tertiary/aromatic N) is 2. The molecule has 0 N–H and O–H groups in total. The molecule has 2 aromatic rings. The normalized spacial score (nSPS) is 14.4. The summed E-state index contributed by atoms with van der Waals surface area (Å²) in [5.74, 6) is 1.25. The van der Waals surface area contributed by atoms with E-state index in [2.05, 4.69) is 29.9 Å². The van der Waals surface area contributed by atoms with Gasteiger partial charge in [0.1, 0.15) is 5.82 Å². The lowest BCUT2D eigenvalue weighted by Crippen LogP contribution is -2.11. The van der Waals surface area contributed by atoms with Gasteiger partial charge in [0.25, 0.3) is 0 Å². The lowest BCUT2D eigenvalue weighted by atomic mass is 10.1. The standard InChI is InChI=1S/C15H20N2OS/c1-3-8-18-14-9-12(10-19-14)15-11(2)16-13-6-4-5-7-17(13)15/h9-10H,3-8H2,1-2H3. The smallest absolute Gasteiger partial charge is 0.174 e. The van der Waals surface area contributed by atoms with E-state index in [0.717, 1.165) is 36.8 Å². The van der Waals surface area contributed by atoms with Crippen LogP contribution in [-0.4, -0.2) is 16.2 Å². The van der Waals surface area contributed by atoms with E-state index in [4.69, 9.17) is 9.72 Å². The number of hydrogen-bond donors (Lipinski definition) is 0. The molecule has 3 nitrogen and oxygen atoms in total. The van der Waals surface area contributed by atoms with Crippen LogP contribution in [0.15, 0.2) is 11.4 Å².